The van der Waals surface area contributed by atoms with E-state index in [4.69, 9.17) is 0 Å². The zero-order chi connectivity index (χ0) is 17.0. The van der Waals surface area contributed by atoms with Gasteiger partial charge >= 0.3 is 0 Å². The number of nitriles is 1. The Morgan fingerprint density at radius 3 is 2.74 bits per heavy atom. The SMILES string of the molecule is Cc1nc(SCC(=O)Nc2cccc(F)c2)c(C#N)c(C)c1C. The van der Waals surface area contributed by atoms with Gasteiger partial charge in [0, 0.05) is 11.4 Å². The first-order valence-electron chi connectivity index (χ1n) is 6.98. The molecule has 0 radical (unpaired) electrons. The fourth-order valence-electron chi connectivity index (χ4n) is 2.04. The smallest absolute Gasteiger partial charge is 0.234 e. The Kier molecular flexibility index (Phi) is 5.35. The van der Waals surface area contributed by atoms with Crippen molar-refractivity contribution in [3.8, 4) is 6.07 Å². The molecule has 4 nitrogen and oxygen atoms in total. The maximum Gasteiger partial charge on any atom is 0.234 e. The Labute approximate surface area is 138 Å². The third kappa shape index (κ3) is 4.08. The van der Waals surface area contributed by atoms with E-state index in [9.17, 15) is 14.4 Å². The molecule has 118 valence electrons. The van der Waals surface area contributed by atoms with E-state index in [0.29, 0.717) is 16.3 Å². The van der Waals surface area contributed by atoms with Gasteiger partial charge in [-0.1, -0.05) is 17.8 Å². The fraction of sp³-hybridized carbons (Fsp3) is 0.235. The molecule has 23 heavy (non-hydrogen) atoms. The Morgan fingerprint density at radius 2 is 2.09 bits per heavy atom. The molecule has 0 aliphatic carbocycles. The van der Waals surface area contributed by atoms with E-state index in [1.165, 1.54) is 30.0 Å². The fourth-order valence-corrected chi connectivity index (χ4v) is 2.93. The molecule has 0 aliphatic rings. The van der Waals surface area contributed by atoms with Crippen molar-refractivity contribution in [3.05, 3.63) is 52.5 Å². The van der Waals surface area contributed by atoms with E-state index >= 15 is 0 Å². The van der Waals surface area contributed by atoms with Gasteiger partial charge in [-0.25, -0.2) is 9.37 Å². The van der Waals surface area contributed by atoms with E-state index in [1.54, 1.807) is 6.07 Å². The minimum Gasteiger partial charge on any atom is -0.325 e. The van der Waals surface area contributed by atoms with E-state index in [2.05, 4.69) is 16.4 Å². The van der Waals surface area contributed by atoms with Crippen molar-refractivity contribution >= 4 is 23.4 Å². The summed E-state index contributed by atoms with van der Waals surface area (Å²) in [6, 6.07) is 7.85. The van der Waals surface area contributed by atoms with E-state index in [-0.39, 0.29) is 11.7 Å². The number of hydrogen-bond donors (Lipinski definition) is 1. The molecule has 1 heterocycles. The number of thioether (sulfide) groups is 1. The molecule has 2 rings (SSSR count). The summed E-state index contributed by atoms with van der Waals surface area (Å²) in [6.07, 6.45) is 0. The lowest BCUT2D eigenvalue weighted by atomic mass is 10.1. The molecule has 0 saturated heterocycles. The lowest BCUT2D eigenvalue weighted by Gasteiger charge is -2.11. The highest BCUT2D eigenvalue weighted by Crippen LogP contribution is 2.26. The molecule has 0 saturated carbocycles. The quantitative estimate of drug-likeness (QED) is 0.868. The van der Waals surface area contributed by atoms with Gasteiger partial charge in [-0.05, 0) is 50.1 Å². The topological polar surface area (TPSA) is 65.8 Å². The van der Waals surface area contributed by atoms with Crippen LogP contribution in [-0.2, 0) is 4.79 Å². The number of nitrogens with zero attached hydrogens (tertiary/aromatic N) is 2. The van der Waals surface area contributed by atoms with Gasteiger partial charge in [-0.2, -0.15) is 5.26 Å². The van der Waals surface area contributed by atoms with Crippen LogP contribution in [0, 0.1) is 37.9 Å². The molecule has 0 aliphatic heterocycles. The van der Waals surface area contributed by atoms with Crippen LogP contribution in [0.25, 0.3) is 0 Å². The van der Waals surface area contributed by atoms with Crippen molar-refractivity contribution in [1.82, 2.24) is 4.98 Å². The van der Waals surface area contributed by atoms with Gasteiger partial charge in [0.1, 0.15) is 16.9 Å². The Morgan fingerprint density at radius 1 is 1.35 bits per heavy atom. The van der Waals surface area contributed by atoms with Crippen molar-refractivity contribution in [3.63, 3.8) is 0 Å². The highest BCUT2D eigenvalue weighted by molar-refractivity contribution is 8.00. The second kappa shape index (κ2) is 7.25. The van der Waals surface area contributed by atoms with Gasteiger partial charge in [-0.3, -0.25) is 4.79 Å². The number of aromatic nitrogens is 1. The predicted octanol–water partition coefficient (Wildman–Crippen LogP) is 3.75. The lowest BCUT2D eigenvalue weighted by Crippen LogP contribution is -2.14. The Balaban J connectivity index is 2.09. The molecular formula is C17H16FN3OS. The third-order valence-corrected chi connectivity index (χ3v) is 4.50. The second-order valence-corrected chi connectivity index (χ2v) is 6.05. The van der Waals surface area contributed by atoms with Gasteiger partial charge < -0.3 is 5.32 Å². The molecule has 6 heteroatoms. The minimum absolute atomic E-state index is 0.0974. The maximum absolute atomic E-state index is 13.1. The molecule has 0 atom stereocenters. The summed E-state index contributed by atoms with van der Waals surface area (Å²) in [6.45, 7) is 5.67. The van der Waals surface area contributed by atoms with Crippen LogP contribution in [-0.4, -0.2) is 16.6 Å². The first kappa shape index (κ1) is 17.0. The summed E-state index contributed by atoms with van der Waals surface area (Å²) in [4.78, 5) is 16.4. The number of rotatable bonds is 4. The van der Waals surface area contributed by atoms with Crippen LogP contribution < -0.4 is 5.32 Å². The zero-order valence-corrected chi connectivity index (χ0v) is 13.9. The molecule has 1 amide bonds. The molecule has 1 aromatic carbocycles. The number of amides is 1. The van der Waals surface area contributed by atoms with Crippen molar-refractivity contribution in [1.29, 1.82) is 5.26 Å². The van der Waals surface area contributed by atoms with Crippen molar-refractivity contribution in [2.45, 2.75) is 25.8 Å². The van der Waals surface area contributed by atoms with Gasteiger partial charge in [0.05, 0.1) is 11.3 Å². The maximum atomic E-state index is 13.1. The van der Waals surface area contributed by atoms with Crippen LogP contribution in [0.3, 0.4) is 0 Å². The molecule has 1 N–H and O–H groups in total. The van der Waals surface area contributed by atoms with Crippen LogP contribution in [0.2, 0.25) is 0 Å². The molecule has 0 unspecified atom stereocenters. The number of halogens is 1. The summed E-state index contributed by atoms with van der Waals surface area (Å²) in [5.41, 5.74) is 3.61. The number of pyridine rings is 1. The molecule has 0 bridgehead atoms. The second-order valence-electron chi connectivity index (χ2n) is 5.09. The number of carbonyl (C=O) groups excluding carboxylic acids is 1. The van der Waals surface area contributed by atoms with E-state index in [1.807, 2.05) is 20.8 Å². The average molecular weight is 329 g/mol. The van der Waals surface area contributed by atoms with Crippen molar-refractivity contribution in [2.24, 2.45) is 0 Å². The molecule has 0 fully saturated rings. The van der Waals surface area contributed by atoms with Gasteiger partial charge in [0.25, 0.3) is 0 Å². The number of anilines is 1. The predicted molar refractivity (Wildman–Crippen MR) is 88.9 cm³/mol. The van der Waals surface area contributed by atoms with Crippen LogP contribution in [0.4, 0.5) is 10.1 Å². The van der Waals surface area contributed by atoms with Crippen LogP contribution in [0.15, 0.2) is 29.3 Å². The molecule has 1 aromatic heterocycles. The minimum atomic E-state index is -0.409. The molecule has 0 spiro atoms. The normalized spacial score (nSPS) is 10.2. The highest BCUT2D eigenvalue weighted by Gasteiger charge is 2.14. The Bertz CT molecular complexity index is 799. The summed E-state index contributed by atoms with van der Waals surface area (Å²) in [7, 11) is 0. The standard InChI is InChI=1S/C17H16FN3OS/c1-10-11(2)15(8-19)17(20-12(10)3)23-9-16(22)21-14-6-4-5-13(18)7-14/h4-7H,9H2,1-3H3,(H,21,22). The first-order valence-corrected chi connectivity index (χ1v) is 7.97. The third-order valence-electron chi connectivity index (χ3n) is 3.52. The number of aryl methyl sites for hydroxylation is 1. The highest BCUT2D eigenvalue weighted by atomic mass is 32.2. The number of carbonyl (C=O) groups is 1. The number of benzene rings is 1. The van der Waals surface area contributed by atoms with Crippen molar-refractivity contribution < 1.29 is 9.18 Å². The van der Waals surface area contributed by atoms with Gasteiger partial charge in [0.2, 0.25) is 5.91 Å². The zero-order valence-electron chi connectivity index (χ0n) is 13.1. The average Bonchev–Trinajstić information content (AvgIpc) is 2.51. The van der Waals surface area contributed by atoms with Gasteiger partial charge in [0.15, 0.2) is 0 Å². The lowest BCUT2D eigenvalue weighted by molar-refractivity contribution is -0.113. The first-order chi connectivity index (χ1) is 10.9. The monoisotopic (exact) mass is 329 g/mol. The molecule has 2 aromatic rings. The Hall–Kier alpha value is -2.39. The van der Waals surface area contributed by atoms with E-state index < -0.39 is 5.82 Å². The summed E-state index contributed by atoms with van der Waals surface area (Å²) in [5.74, 6) is -0.587. The van der Waals surface area contributed by atoms with Crippen molar-refractivity contribution in [2.75, 3.05) is 11.1 Å². The molecular weight excluding hydrogens is 313 g/mol. The van der Waals surface area contributed by atoms with Crippen LogP contribution in [0.5, 0.6) is 0 Å². The number of nitrogens with one attached hydrogen (secondary N) is 1. The van der Waals surface area contributed by atoms with E-state index in [0.717, 1.165) is 16.8 Å². The summed E-state index contributed by atoms with van der Waals surface area (Å²) < 4.78 is 13.1. The summed E-state index contributed by atoms with van der Waals surface area (Å²) in [5, 5.41) is 12.5. The number of hydrogen-bond acceptors (Lipinski definition) is 4. The largest absolute Gasteiger partial charge is 0.325 e. The van der Waals surface area contributed by atoms with Gasteiger partial charge in [-0.15, -0.1) is 0 Å². The summed E-state index contributed by atoms with van der Waals surface area (Å²) >= 11 is 1.20. The van der Waals surface area contributed by atoms with Crippen LogP contribution in [0.1, 0.15) is 22.4 Å². The van der Waals surface area contributed by atoms with Crippen LogP contribution >= 0.6 is 11.8 Å².